The van der Waals surface area contributed by atoms with Gasteiger partial charge in [-0.1, -0.05) is 35.2 Å². The normalized spacial score (nSPS) is 10.4. The van der Waals surface area contributed by atoms with Gasteiger partial charge in [-0.25, -0.2) is 0 Å². The predicted octanol–water partition coefficient (Wildman–Crippen LogP) is 2.56. The van der Waals surface area contributed by atoms with Crippen molar-refractivity contribution in [1.82, 2.24) is 10.2 Å². The van der Waals surface area contributed by atoms with Gasteiger partial charge in [0, 0.05) is 17.9 Å². The quantitative estimate of drug-likeness (QED) is 0.800. The van der Waals surface area contributed by atoms with E-state index < -0.39 is 0 Å². The number of amides is 1. The summed E-state index contributed by atoms with van der Waals surface area (Å²) in [4.78, 5) is 10.6. The van der Waals surface area contributed by atoms with E-state index in [1.807, 2.05) is 31.2 Å². The van der Waals surface area contributed by atoms with Gasteiger partial charge in [0.15, 0.2) is 4.34 Å². The Morgan fingerprint density at radius 2 is 2.32 bits per heavy atom. The number of nitrogens with two attached hydrogens (primary N) is 1. The van der Waals surface area contributed by atoms with Gasteiger partial charge in [0.25, 0.3) is 0 Å². The first-order valence-corrected chi connectivity index (χ1v) is 7.52. The van der Waals surface area contributed by atoms with Crippen LogP contribution in [-0.2, 0) is 4.79 Å². The summed E-state index contributed by atoms with van der Waals surface area (Å²) in [5, 5.41) is 12.1. The van der Waals surface area contributed by atoms with Crippen LogP contribution in [0.4, 0.5) is 10.8 Å². The van der Waals surface area contributed by atoms with Crippen molar-refractivity contribution in [3.63, 3.8) is 0 Å². The van der Waals surface area contributed by atoms with Gasteiger partial charge in [0.05, 0.1) is 0 Å². The van der Waals surface area contributed by atoms with Crippen LogP contribution in [0.25, 0.3) is 0 Å². The van der Waals surface area contributed by atoms with Crippen LogP contribution < -0.4 is 11.1 Å². The molecule has 0 bridgehead atoms. The number of primary amides is 1. The SMILES string of the molecule is Cc1cccc(Nc2nnc(SCCC(N)=O)s2)c1. The van der Waals surface area contributed by atoms with Crippen molar-refractivity contribution in [1.29, 1.82) is 0 Å². The number of aryl methyl sites for hydroxylation is 1. The fourth-order valence-electron chi connectivity index (χ4n) is 1.40. The zero-order chi connectivity index (χ0) is 13.7. The molecule has 0 radical (unpaired) electrons. The second-order valence-electron chi connectivity index (χ2n) is 3.93. The van der Waals surface area contributed by atoms with E-state index in [0.29, 0.717) is 12.2 Å². The standard InChI is InChI=1S/C12H14N4OS2/c1-8-3-2-4-9(7-8)14-11-15-16-12(19-11)18-6-5-10(13)17/h2-4,7H,5-6H2,1H3,(H2,13,17)(H,14,15). The van der Waals surface area contributed by atoms with Crippen molar-refractivity contribution >= 4 is 39.8 Å². The van der Waals surface area contributed by atoms with Crippen LogP contribution in [0.3, 0.4) is 0 Å². The van der Waals surface area contributed by atoms with E-state index in [0.717, 1.165) is 15.2 Å². The van der Waals surface area contributed by atoms with Crippen LogP contribution in [0.1, 0.15) is 12.0 Å². The highest BCUT2D eigenvalue weighted by Gasteiger charge is 2.05. The van der Waals surface area contributed by atoms with Crippen molar-refractivity contribution in [2.45, 2.75) is 17.7 Å². The molecule has 5 nitrogen and oxygen atoms in total. The lowest BCUT2D eigenvalue weighted by atomic mass is 10.2. The molecule has 1 heterocycles. The number of rotatable bonds is 6. The molecule has 0 fully saturated rings. The molecule has 7 heteroatoms. The van der Waals surface area contributed by atoms with Gasteiger partial charge in [-0.3, -0.25) is 4.79 Å². The molecular formula is C12H14N4OS2. The number of nitrogens with zero attached hydrogens (tertiary/aromatic N) is 2. The number of hydrogen-bond acceptors (Lipinski definition) is 6. The molecule has 0 spiro atoms. The zero-order valence-electron chi connectivity index (χ0n) is 10.4. The van der Waals surface area contributed by atoms with E-state index in [9.17, 15) is 4.79 Å². The fourth-order valence-corrected chi connectivity index (χ4v) is 3.20. The van der Waals surface area contributed by atoms with E-state index in [1.54, 1.807) is 0 Å². The summed E-state index contributed by atoms with van der Waals surface area (Å²) < 4.78 is 0.830. The lowest BCUT2D eigenvalue weighted by Crippen LogP contribution is -2.10. The smallest absolute Gasteiger partial charge is 0.218 e. The van der Waals surface area contributed by atoms with Crippen molar-refractivity contribution in [3.05, 3.63) is 29.8 Å². The molecule has 0 saturated heterocycles. The van der Waals surface area contributed by atoms with Crippen molar-refractivity contribution < 1.29 is 4.79 Å². The number of thioether (sulfide) groups is 1. The van der Waals surface area contributed by atoms with Crippen LogP contribution >= 0.6 is 23.1 Å². The molecule has 0 aliphatic heterocycles. The molecule has 2 aromatic rings. The first-order chi connectivity index (χ1) is 9.13. The second-order valence-corrected chi connectivity index (χ2v) is 6.25. The lowest BCUT2D eigenvalue weighted by molar-refractivity contribution is -0.117. The molecular weight excluding hydrogens is 280 g/mol. The van der Waals surface area contributed by atoms with E-state index in [-0.39, 0.29) is 5.91 Å². The maximum Gasteiger partial charge on any atom is 0.218 e. The number of aromatic nitrogens is 2. The molecule has 0 aliphatic carbocycles. The van der Waals surface area contributed by atoms with Crippen molar-refractivity contribution in [3.8, 4) is 0 Å². The topological polar surface area (TPSA) is 80.9 Å². The summed E-state index contributed by atoms with van der Waals surface area (Å²) >= 11 is 2.95. The second kappa shape index (κ2) is 6.53. The third-order valence-corrected chi connectivity index (χ3v) is 4.22. The van der Waals surface area contributed by atoms with Gasteiger partial charge in [-0.05, 0) is 24.6 Å². The Balaban J connectivity index is 1.92. The van der Waals surface area contributed by atoms with Crippen LogP contribution in [-0.4, -0.2) is 21.9 Å². The molecule has 0 aliphatic rings. The van der Waals surface area contributed by atoms with Crippen LogP contribution in [0.2, 0.25) is 0 Å². The van der Waals surface area contributed by atoms with E-state index in [2.05, 4.69) is 15.5 Å². The Labute approximate surface area is 119 Å². The Morgan fingerprint density at radius 3 is 3.05 bits per heavy atom. The van der Waals surface area contributed by atoms with Crippen molar-refractivity contribution in [2.75, 3.05) is 11.1 Å². The fraction of sp³-hybridized carbons (Fsp3) is 0.250. The first kappa shape index (κ1) is 13.8. The average molecular weight is 294 g/mol. The summed E-state index contributed by atoms with van der Waals surface area (Å²) in [6.07, 6.45) is 0.352. The summed E-state index contributed by atoms with van der Waals surface area (Å²) in [5.41, 5.74) is 7.26. The maximum atomic E-state index is 10.6. The highest BCUT2D eigenvalue weighted by Crippen LogP contribution is 2.28. The minimum atomic E-state index is -0.296. The van der Waals surface area contributed by atoms with Crippen LogP contribution in [0.5, 0.6) is 0 Å². The van der Waals surface area contributed by atoms with Crippen molar-refractivity contribution in [2.24, 2.45) is 5.73 Å². The monoisotopic (exact) mass is 294 g/mol. The number of hydrogen-bond donors (Lipinski definition) is 2. The molecule has 1 aromatic heterocycles. The third-order valence-electron chi connectivity index (χ3n) is 2.25. The molecule has 1 aromatic carbocycles. The maximum absolute atomic E-state index is 10.6. The molecule has 0 saturated carbocycles. The lowest BCUT2D eigenvalue weighted by Gasteiger charge is -2.01. The van der Waals surface area contributed by atoms with E-state index >= 15 is 0 Å². The summed E-state index contributed by atoms with van der Waals surface area (Å²) in [5.74, 6) is 0.337. The summed E-state index contributed by atoms with van der Waals surface area (Å²) in [6.45, 7) is 2.04. The zero-order valence-corrected chi connectivity index (χ0v) is 12.1. The third kappa shape index (κ3) is 4.53. The minimum Gasteiger partial charge on any atom is -0.370 e. The van der Waals surface area contributed by atoms with Gasteiger partial charge in [0.2, 0.25) is 11.0 Å². The molecule has 2 rings (SSSR count). The highest BCUT2D eigenvalue weighted by atomic mass is 32.2. The number of carbonyl (C=O) groups is 1. The van der Waals surface area contributed by atoms with Gasteiger partial charge in [-0.15, -0.1) is 10.2 Å². The highest BCUT2D eigenvalue weighted by molar-refractivity contribution is 8.01. The number of carbonyl (C=O) groups excluding carboxylic acids is 1. The molecule has 1 amide bonds. The number of nitrogens with one attached hydrogen (secondary N) is 1. The Kier molecular flexibility index (Phi) is 4.75. The van der Waals surface area contributed by atoms with Gasteiger partial charge in [0.1, 0.15) is 0 Å². The predicted molar refractivity (Wildman–Crippen MR) is 78.9 cm³/mol. The Morgan fingerprint density at radius 1 is 1.47 bits per heavy atom. The largest absolute Gasteiger partial charge is 0.370 e. The molecule has 100 valence electrons. The Hall–Kier alpha value is -1.60. The summed E-state index contributed by atoms with van der Waals surface area (Å²) in [7, 11) is 0. The molecule has 19 heavy (non-hydrogen) atoms. The molecule has 3 N–H and O–H groups in total. The molecule has 0 atom stereocenters. The van der Waals surface area contributed by atoms with Gasteiger partial charge < -0.3 is 11.1 Å². The number of anilines is 2. The Bertz CT molecular complexity index is 570. The van der Waals surface area contributed by atoms with E-state index in [4.69, 9.17) is 5.73 Å². The van der Waals surface area contributed by atoms with E-state index in [1.165, 1.54) is 28.7 Å². The van der Waals surface area contributed by atoms with Gasteiger partial charge in [-0.2, -0.15) is 0 Å². The summed E-state index contributed by atoms with van der Waals surface area (Å²) in [6, 6.07) is 8.05. The van der Waals surface area contributed by atoms with Crippen LogP contribution in [0, 0.1) is 6.92 Å². The van der Waals surface area contributed by atoms with Crippen LogP contribution in [0.15, 0.2) is 28.6 Å². The first-order valence-electron chi connectivity index (χ1n) is 5.72. The number of benzene rings is 1. The molecule has 0 unspecified atom stereocenters. The minimum absolute atomic E-state index is 0.296. The van der Waals surface area contributed by atoms with Gasteiger partial charge >= 0.3 is 0 Å². The average Bonchev–Trinajstić information content (AvgIpc) is 2.76.